The predicted molar refractivity (Wildman–Crippen MR) is 67.0 cm³/mol. The molecule has 2 N–H and O–H groups in total. The number of nitrogens with one attached hydrogen (secondary N) is 1. The third kappa shape index (κ3) is 3.76. The minimum atomic E-state index is -3.83. The summed E-state index contributed by atoms with van der Waals surface area (Å²) in [5, 5.41) is 8.83. The fraction of sp³-hybridized carbons (Fsp3) is 0.500. The van der Waals surface area contributed by atoms with Crippen LogP contribution in [0.15, 0.2) is 23.1 Å². The summed E-state index contributed by atoms with van der Waals surface area (Å²) in [6.07, 6.45) is 0.842. The molecule has 0 radical (unpaired) electrons. The number of halogens is 1. The summed E-state index contributed by atoms with van der Waals surface area (Å²) in [5.74, 6) is -0.655. The van der Waals surface area contributed by atoms with Crippen LogP contribution >= 0.6 is 0 Å². The first-order valence-corrected chi connectivity index (χ1v) is 7.28. The number of hydrogen-bond acceptors (Lipinski definition) is 3. The van der Waals surface area contributed by atoms with Gasteiger partial charge in [-0.2, -0.15) is 0 Å². The lowest BCUT2D eigenvalue weighted by Crippen LogP contribution is -2.29. The summed E-state index contributed by atoms with van der Waals surface area (Å²) in [6, 6.07) is 3.58. The largest absolute Gasteiger partial charge is 0.392 e. The van der Waals surface area contributed by atoms with E-state index in [1.165, 1.54) is 12.1 Å². The molecular formula is C12H18FNO3S. The summed E-state index contributed by atoms with van der Waals surface area (Å²) >= 11 is 0. The molecule has 0 amide bonds. The lowest BCUT2D eigenvalue weighted by molar-refractivity contribution is 0.281. The zero-order chi connectivity index (χ0) is 13.8. The van der Waals surface area contributed by atoms with Crippen LogP contribution in [0.3, 0.4) is 0 Å². The number of aliphatic hydroxyl groups is 1. The van der Waals surface area contributed by atoms with Gasteiger partial charge in [0.15, 0.2) is 0 Å². The van der Waals surface area contributed by atoms with Gasteiger partial charge in [0.05, 0.1) is 6.61 Å². The van der Waals surface area contributed by atoms with Crippen molar-refractivity contribution in [2.75, 3.05) is 6.54 Å². The molecule has 0 aliphatic carbocycles. The van der Waals surface area contributed by atoms with Crippen molar-refractivity contribution < 1.29 is 17.9 Å². The number of aliphatic hydroxyl groups excluding tert-OH is 1. The van der Waals surface area contributed by atoms with Crippen molar-refractivity contribution in [2.45, 2.75) is 31.8 Å². The van der Waals surface area contributed by atoms with E-state index < -0.39 is 15.8 Å². The molecule has 1 atom stereocenters. The van der Waals surface area contributed by atoms with E-state index in [-0.39, 0.29) is 24.0 Å². The highest BCUT2D eigenvalue weighted by Crippen LogP contribution is 2.16. The zero-order valence-corrected chi connectivity index (χ0v) is 11.3. The highest BCUT2D eigenvalue weighted by Gasteiger charge is 2.19. The van der Waals surface area contributed by atoms with Gasteiger partial charge >= 0.3 is 0 Å². The average Bonchev–Trinajstić information content (AvgIpc) is 2.35. The first-order valence-electron chi connectivity index (χ1n) is 5.79. The van der Waals surface area contributed by atoms with Gasteiger partial charge in [-0.15, -0.1) is 0 Å². The molecule has 0 bridgehead atoms. The highest BCUT2D eigenvalue weighted by atomic mass is 32.2. The molecule has 1 aromatic carbocycles. The van der Waals surface area contributed by atoms with Crippen molar-refractivity contribution in [3.05, 3.63) is 29.6 Å². The van der Waals surface area contributed by atoms with E-state index >= 15 is 0 Å². The lowest BCUT2D eigenvalue weighted by Gasteiger charge is -2.11. The van der Waals surface area contributed by atoms with E-state index in [0.29, 0.717) is 5.56 Å². The molecule has 18 heavy (non-hydrogen) atoms. The molecule has 6 heteroatoms. The van der Waals surface area contributed by atoms with Gasteiger partial charge in [-0.25, -0.2) is 17.5 Å². The molecule has 0 spiro atoms. The molecule has 1 unspecified atom stereocenters. The van der Waals surface area contributed by atoms with E-state index in [0.717, 1.165) is 12.5 Å². The second kappa shape index (κ2) is 6.26. The Morgan fingerprint density at radius 3 is 2.61 bits per heavy atom. The van der Waals surface area contributed by atoms with Crippen molar-refractivity contribution >= 4 is 10.0 Å². The first-order chi connectivity index (χ1) is 8.40. The maximum Gasteiger partial charge on any atom is 0.243 e. The highest BCUT2D eigenvalue weighted by molar-refractivity contribution is 7.89. The van der Waals surface area contributed by atoms with Gasteiger partial charge in [-0.05, 0) is 23.6 Å². The Bertz CT molecular complexity index is 502. The standard InChI is InChI=1S/C12H18FNO3S/c1-3-9(2)7-14-18(16,17)12-5-4-10(8-15)6-11(12)13/h4-6,9,14-15H,3,7-8H2,1-2H3. The average molecular weight is 275 g/mol. The summed E-state index contributed by atoms with van der Waals surface area (Å²) < 4.78 is 39.7. The fourth-order valence-electron chi connectivity index (χ4n) is 1.33. The van der Waals surface area contributed by atoms with Crippen molar-refractivity contribution in [1.82, 2.24) is 4.72 Å². The topological polar surface area (TPSA) is 66.4 Å². The van der Waals surface area contributed by atoms with Gasteiger partial charge in [-0.1, -0.05) is 26.3 Å². The van der Waals surface area contributed by atoms with Crippen LogP contribution in [0.1, 0.15) is 25.8 Å². The Kier molecular flexibility index (Phi) is 5.25. The molecular weight excluding hydrogens is 257 g/mol. The third-order valence-electron chi connectivity index (χ3n) is 2.79. The molecule has 0 aliphatic rings. The fourth-order valence-corrected chi connectivity index (χ4v) is 2.56. The lowest BCUT2D eigenvalue weighted by atomic mass is 10.1. The van der Waals surface area contributed by atoms with Gasteiger partial charge in [0.2, 0.25) is 10.0 Å². The van der Waals surface area contributed by atoms with E-state index in [2.05, 4.69) is 4.72 Å². The number of benzene rings is 1. The van der Waals surface area contributed by atoms with Crippen LogP contribution in [-0.4, -0.2) is 20.1 Å². The molecule has 102 valence electrons. The summed E-state index contributed by atoms with van der Waals surface area (Å²) in [5.41, 5.74) is 0.341. The smallest absolute Gasteiger partial charge is 0.243 e. The molecule has 0 saturated carbocycles. The summed E-state index contributed by atoms with van der Waals surface area (Å²) in [7, 11) is -3.83. The Morgan fingerprint density at radius 2 is 2.11 bits per heavy atom. The maximum atomic E-state index is 13.6. The van der Waals surface area contributed by atoms with Gasteiger partial charge in [0, 0.05) is 6.54 Å². The van der Waals surface area contributed by atoms with E-state index in [9.17, 15) is 12.8 Å². The molecule has 0 aliphatic heterocycles. The van der Waals surface area contributed by atoms with Crippen LogP contribution in [0.4, 0.5) is 4.39 Å². The number of hydrogen-bond donors (Lipinski definition) is 2. The Balaban J connectivity index is 2.91. The minimum Gasteiger partial charge on any atom is -0.392 e. The normalized spacial score (nSPS) is 13.6. The van der Waals surface area contributed by atoms with Gasteiger partial charge < -0.3 is 5.11 Å². The molecule has 1 rings (SSSR count). The van der Waals surface area contributed by atoms with Crippen LogP contribution in [0.5, 0.6) is 0 Å². The van der Waals surface area contributed by atoms with Crippen molar-refractivity contribution in [1.29, 1.82) is 0 Å². The maximum absolute atomic E-state index is 13.6. The van der Waals surface area contributed by atoms with Crippen LogP contribution in [0, 0.1) is 11.7 Å². The Morgan fingerprint density at radius 1 is 1.44 bits per heavy atom. The molecule has 1 aromatic rings. The van der Waals surface area contributed by atoms with Crippen molar-refractivity contribution in [3.63, 3.8) is 0 Å². The van der Waals surface area contributed by atoms with E-state index in [1.54, 1.807) is 0 Å². The van der Waals surface area contributed by atoms with Crippen LogP contribution < -0.4 is 4.72 Å². The van der Waals surface area contributed by atoms with Crippen LogP contribution in [-0.2, 0) is 16.6 Å². The van der Waals surface area contributed by atoms with Crippen molar-refractivity contribution in [2.24, 2.45) is 5.92 Å². The van der Waals surface area contributed by atoms with Gasteiger partial charge in [-0.3, -0.25) is 0 Å². The quantitative estimate of drug-likeness (QED) is 0.829. The third-order valence-corrected chi connectivity index (χ3v) is 4.24. The summed E-state index contributed by atoms with van der Waals surface area (Å²) in [6.45, 7) is 3.82. The number of sulfonamides is 1. The van der Waals surface area contributed by atoms with Gasteiger partial charge in [0.1, 0.15) is 10.7 Å². The zero-order valence-electron chi connectivity index (χ0n) is 10.5. The molecule has 0 heterocycles. The SMILES string of the molecule is CCC(C)CNS(=O)(=O)c1ccc(CO)cc1F. The second-order valence-electron chi connectivity index (χ2n) is 4.29. The van der Waals surface area contributed by atoms with Gasteiger partial charge in [0.25, 0.3) is 0 Å². The first kappa shape index (κ1) is 15.1. The molecule has 0 saturated heterocycles. The molecule has 4 nitrogen and oxygen atoms in total. The van der Waals surface area contributed by atoms with E-state index in [4.69, 9.17) is 5.11 Å². The van der Waals surface area contributed by atoms with Crippen molar-refractivity contribution in [3.8, 4) is 0 Å². The second-order valence-corrected chi connectivity index (χ2v) is 6.02. The molecule has 0 fully saturated rings. The molecule has 0 aromatic heterocycles. The Labute approximate surface area is 107 Å². The monoisotopic (exact) mass is 275 g/mol. The minimum absolute atomic E-state index is 0.194. The van der Waals surface area contributed by atoms with E-state index in [1.807, 2.05) is 13.8 Å². The Hall–Kier alpha value is -0.980. The summed E-state index contributed by atoms with van der Waals surface area (Å²) in [4.78, 5) is -0.386. The number of rotatable bonds is 6. The van der Waals surface area contributed by atoms with Crippen LogP contribution in [0.25, 0.3) is 0 Å². The predicted octanol–water partition coefficient (Wildman–Crippen LogP) is 1.64. The van der Waals surface area contributed by atoms with Crippen LogP contribution in [0.2, 0.25) is 0 Å².